The molecule has 7 heteroatoms. The third-order valence-electron chi connectivity index (χ3n) is 1.99. The second-order valence-corrected chi connectivity index (χ2v) is 3.01. The molecule has 1 heterocycles. The molecule has 1 aliphatic heterocycles. The first-order valence-corrected chi connectivity index (χ1v) is 3.82. The highest BCUT2D eigenvalue weighted by molar-refractivity contribution is 5.81. The highest BCUT2D eigenvalue weighted by atomic mass is 19.3. The lowest BCUT2D eigenvalue weighted by Gasteiger charge is -2.17. The molecule has 0 spiro atoms. The second-order valence-electron chi connectivity index (χ2n) is 3.01. The maximum Gasteiger partial charge on any atom is 0.408 e. The van der Waals surface area contributed by atoms with Crippen LogP contribution in [0.1, 0.15) is 6.42 Å². The Balaban J connectivity index is 2.83. The van der Waals surface area contributed by atoms with Gasteiger partial charge in [-0.05, 0) is 0 Å². The topological polar surface area (TPSA) is 66.8 Å². The van der Waals surface area contributed by atoms with E-state index in [1.54, 1.807) is 0 Å². The number of hydrogen-bond donors (Lipinski definition) is 1. The molecule has 0 aromatic rings. The van der Waals surface area contributed by atoms with Crippen LogP contribution in [0.2, 0.25) is 0 Å². The van der Waals surface area contributed by atoms with Crippen LogP contribution < -0.4 is 0 Å². The molecule has 0 aromatic carbocycles. The van der Waals surface area contributed by atoms with E-state index >= 15 is 0 Å². The Hall–Kier alpha value is -1.40. The first kappa shape index (κ1) is 10.7. The largest absolute Gasteiger partial charge is 0.467 e. The molecule has 0 bridgehead atoms. The molecule has 0 saturated carbocycles. The van der Waals surface area contributed by atoms with Gasteiger partial charge in [0.2, 0.25) is 0 Å². The van der Waals surface area contributed by atoms with Crippen LogP contribution >= 0.6 is 0 Å². The molecule has 14 heavy (non-hydrogen) atoms. The van der Waals surface area contributed by atoms with Crippen molar-refractivity contribution in [3.05, 3.63) is 0 Å². The summed E-state index contributed by atoms with van der Waals surface area (Å²) in [7, 11) is 1.03. The van der Waals surface area contributed by atoms with Gasteiger partial charge in [-0.25, -0.2) is 18.4 Å². The standard InChI is InChI=1S/C7H9F2NO4/c1-14-5(11)4-2-7(8,9)3-10(4)6(12)13/h4H,2-3H2,1H3,(H,12,13). The number of carbonyl (C=O) groups is 2. The Morgan fingerprint density at radius 1 is 1.57 bits per heavy atom. The minimum Gasteiger partial charge on any atom is -0.467 e. The lowest BCUT2D eigenvalue weighted by molar-refractivity contribution is -0.145. The fraction of sp³-hybridized carbons (Fsp3) is 0.714. The summed E-state index contributed by atoms with van der Waals surface area (Å²) in [5.41, 5.74) is 0. The molecular weight excluding hydrogens is 200 g/mol. The zero-order valence-electron chi connectivity index (χ0n) is 7.37. The molecule has 0 radical (unpaired) electrons. The average molecular weight is 209 g/mol. The predicted molar refractivity (Wildman–Crippen MR) is 40.1 cm³/mol. The summed E-state index contributed by atoms with van der Waals surface area (Å²) in [6.45, 7) is -0.956. The molecule has 5 nitrogen and oxygen atoms in total. The fourth-order valence-corrected chi connectivity index (χ4v) is 1.36. The van der Waals surface area contributed by atoms with Gasteiger partial charge in [-0.3, -0.25) is 4.90 Å². The lowest BCUT2D eigenvalue weighted by atomic mass is 10.2. The molecule has 1 saturated heterocycles. The van der Waals surface area contributed by atoms with Crippen LogP contribution in [0.15, 0.2) is 0 Å². The Morgan fingerprint density at radius 3 is 2.57 bits per heavy atom. The highest BCUT2D eigenvalue weighted by Crippen LogP contribution is 2.32. The summed E-state index contributed by atoms with van der Waals surface area (Å²) in [5, 5.41) is 8.55. The number of carboxylic acid groups (broad SMARTS) is 1. The zero-order valence-corrected chi connectivity index (χ0v) is 7.37. The van der Waals surface area contributed by atoms with Crippen molar-refractivity contribution in [3.8, 4) is 0 Å². The van der Waals surface area contributed by atoms with Gasteiger partial charge in [0.15, 0.2) is 0 Å². The summed E-state index contributed by atoms with van der Waals surface area (Å²) in [5.74, 6) is -4.11. The van der Waals surface area contributed by atoms with Crippen molar-refractivity contribution in [3.63, 3.8) is 0 Å². The summed E-state index contributed by atoms with van der Waals surface area (Å²) in [6, 6.07) is -1.40. The fourth-order valence-electron chi connectivity index (χ4n) is 1.36. The second kappa shape index (κ2) is 3.39. The van der Waals surface area contributed by atoms with Gasteiger partial charge in [-0.15, -0.1) is 0 Å². The van der Waals surface area contributed by atoms with Crippen molar-refractivity contribution >= 4 is 12.1 Å². The summed E-state index contributed by atoms with van der Waals surface area (Å²) >= 11 is 0. The third kappa shape index (κ3) is 1.91. The Morgan fingerprint density at radius 2 is 2.14 bits per heavy atom. The number of alkyl halides is 2. The van der Waals surface area contributed by atoms with Crippen LogP contribution in [0.5, 0.6) is 0 Å². The molecule has 1 amide bonds. The molecule has 1 unspecified atom stereocenters. The number of amides is 1. The lowest BCUT2D eigenvalue weighted by Crippen LogP contribution is -2.40. The van der Waals surface area contributed by atoms with E-state index < -0.39 is 37.0 Å². The molecule has 0 aromatic heterocycles. The number of esters is 1. The van der Waals surface area contributed by atoms with Crippen LogP contribution in [0.3, 0.4) is 0 Å². The van der Waals surface area contributed by atoms with E-state index in [4.69, 9.17) is 5.11 Å². The van der Waals surface area contributed by atoms with E-state index in [0.717, 1.165) is 7.11 Å². The van der Waals surface area contributed by atoms with Crippen molar-refractivity contribution in [1.29, 1.82) is 0 Å². The molecule has 1 rings (SSSR count). The third-order valence-corrected chi connectivity index (χ3v) is 1.99. The van der Waals surface area contributed by atoms with Crippen molar-refractivity contribution in [2.75, 3.05) is 13.7 Å². The number of carbonyl (C=O) groups excluding carboxylic acids is 1. The zero-order chi connectivity index (χ0) is 10.9. The van der Waals surface area contributed by atoms with Gasteiger partial charge in [0.1, 0.15) is 6.04 Å². The number of halogens is 2. The van der Waals surface area contributed by atoms with E-state index in [9.17, 15) is 18.4 Å². The van der Waals surface area contributed by atoms with Gasteiger partial charge >= 0.3 is 12.1 Å². The van der Waals surface area contributed by atoms with Crippen molar-refractivity contribution in [1.82, 2.24) is 4.90 Å². The Kier molecular flexibility index (Phi) is 2.59. The molecule has 1 atom stereocenters. The van der Waals surface area contributed by atoms with Gasteiger partial charge in [-0.1, -0.05) is 0 Å². The average Bonchev–Trinajstić information content (AvgIpc) is 2.40. The van der Waals surface area contributed by atoms with E-state index in [2.05, 4.69) is 4.74 Å². The number of ether oxygens (including phenoxy) is 1. The number of hydrogen-bond acceptors (Lipinski definition) is 3. The number of methoxy groups -OCH3 is 1. The quantitative estimate of drug-likeness (QED) is 0.640. The molecular formula is C7H9F2NO4. The molecule has 1 N–H and O–H groups in total. The van der Waals surface area contributed by atoms with Gasteiger partial charge in [0, 0.05) is 6.42 Å². The van der Waals surface area contributed by atoms with Crippen LogP contribution in [-0.2, 0) is 9.53 Å². The maximum absolute atomic E-state index is 12.8. The molecule has 0 aliphatic carbocycles. The van der Waals surface area contributed by atoms with Gasteiger partial charge in [0.05, 0.1) is 13.7 Å². The number of likely N-dealkylation sites (tertiary alicyclic amines) is 1. The van der Waals surface area contributed by atoms with Crippen LogP contribution in [0, 0.1) is 0 Å². The monoisotopic (exact) mass is 209 g/mol. The van der Waals surface area contributed by atoms with Crippen molar-refractivity contribution in [2.24, 2.45) is 0 Å². The van der Waals surface area contributed by atoms with Gasteiger partial charge < -0.3 is 9.84 Å². The molecule has 80 valence electrons. The first-order chi connectivity index (χ1) is 6.37. The molecule has 1 fully saturated rings. The van der Waals surface area contributed by atoms with E-state index in [1.165, 1.54) is 0 Å². The summed E-state index contributed by atoms with van der Waals surface area (Å²) in [4.78, 5) is 21.9. The first-order valence-electron chi connectivity index (χ1n) is 3.82. The van der Waals surface area contributed by atoms with Crippen LogP contribution in [0.25, 0.3) is 0 Å². The summed E-state index contributed by atoms with van der Waals surface area (Å²) < 4.78 is 29.8. The van der Waals surface area contributed by atoms with Crippen molar-refractivity contribution in [2.45, 2.75) is 18.4 Å². The van der Waals surface area contributed by atoms with E-state index in [-0.39, 0.29) is 0 Å². The minimum absolute atomic E-state index is 0.395. The maximum atomic E-state index is 12.8. The highest BCUT2D eigenvalue weighted by Gasteiger charge is 2.50. The Bertz CT molecular complexity index is 268. The smallest absolute Gasteiger partial charge is 0.408 e. The number of rotatable bonds is 1. The molecule has 1 aliphatic rings. The normalized spacial score (nSPS) is 24.8. The van der Waals surface area contributed by atoms with Crippen LogP contribution in [0.4, 0.5) is 13.6 Å². The number of nitrogens with zero attached hydrogens (tertiary/aromatic N) is 1. The van der Waals surface area contributed by atoms with E-state index in [1.807, 2.05) is 0 Å². The minimum atomic E-state index is -3.16. The van der Waals surface area contributed by atoms with E-state index in [0.29, 0.717) is 4.90 Å². The van der Waals surface area contributed by atoms with Crippen LogP contribution in [-0.4, -0.2) is 47.7 Å². The summed E-state index contributed by atoms with van der Waals surface area (Å²) in [6.07, 6.45) is -2.36. The van der Waals surface area contributed by atoms with Gasteiger partial charge in [0.25, 0.3) is 5.92 Å². The van der Waals surface area contributed by atoms with Crippen molar-refractivity contribution < 1.29 is 28.2 Å². The predicted octanol–water partition coefficient (Wildman–Crippen LogP) is 0.547. The SMILES string of the molecule is COC(=O)C1CC(F)(F)CN1C(=O)O. The van der Waals surface area contributed by atoms with Gasteiger partial charge in [-0.2, -0.15) is 0 Å². The Labute approximate surface area is 78.2 Å².